The Balaban J connectivity index is 0.00000288. The zero-order chi connectivity index (χ0) is 16.7. The quantitative estimate of drug-likeness (QED) is 0.636. The Morgan fingerprint density at radius 2 is 1.67 bits per heavy atom. The Morgan fingerprint density at radius 3 is 2.29 bits per heavy atom. The number of phenolic OH excluding ortho intramolecular Hbond substituents is 1. The fourth-order valence-corrected chi connectivity index (χ4v) is 2.32. The van der Waals surface area contributed by atoms with E-state index in [4.69, 9.17) is 9.47 Å². The van der Waals surface area contributed by atoms with E-state index in [9.17, 15) is 10.2 Å². The summed E-state index contributed by atoms with van der Waals surface area (Å²) in [5, 5.41) is 22.5. The van der Waals surface area contributed by atoms with Crippen LogP contribution in [0.2, 0.25) is 0 Å². The Morgan fingerprint density at radius 1 is 1.00 bits per heavy atom. The lowest BCUT2D eigenvalue weighted by molar-refractivity contribution is 0.175. The first-order chi connectivity index (χ1) is 11.1. The summed E-state index contributed by atoms with van der Waals surface area (Å²) in [5.74, 6) is 1.63. The Bertz CT molecular complexity index is 619. The molecule has 1 atom stereocenters. The van der Waals surface area contributed by atoms with Gasteiger partial charge in [0.25, 0.3) is 0 Å². The molecule has 2 aromatic rings. The lowest BCUT2D eigenvalue weighted by Crippen LogP contribution is -2.23. The molecule has 0 aliphatic heterocycles. The number of hydrogen-bond acceptors (Lipinski definition) is 5. The molecule has 0 spiro atoms. The van der Waals surface area contributed by atoms with Gasteiger partial charge in [0.15, 0.2) is 11.5 Å². The first-order valence-corrected chi connectivity index (χ1v) is 7.52. The summed E-state index contributed by atoms with van der Waals surface area (Å²) in [6, 6.07) is 12.4. The molecule has 2 rings (SSSR count). The second-order valence-electron chi connectivity index (χ2n) is 5.25. The van der Waals surface area contributed by atoms with Crippen molar-refractivity contribution in [1.29, 1.82) is 0 Å². The zero-order valence-electron chi connectivity index (χ0n) is 13.9. The number of halogens is 1. The van der Waals surface area contributed by atoms with Gasteiger partial charge in [-0.2, -0.15) is 0 Å². The SMILES string of the molecule is COc1ccc(CCNC[C@H](O)c2ccc(O)cc2)cc1OC.Cl. The number of ether oxygens (including phenoxy) is 2. The highest BCUT2D eigenvalue weighted by molar-refractivity contribution is 5.85. The first-order valence-electron chi connectivity index (χ1n) is 7.52. The lowest BCUT2D eigenvalue weighted by Gasteiger charge is -2.13. The molecule has 24 heavy (non-hydrogen) atoms. The molecule has 6 heteroatoms. The predicted molar refractivity (Wildman–Crippen MR) is 96.4 cm³/mol. The molecule has 0 aliphatic rings. The average Bonchev–Trinajstić information content (AvgIpc) is 2.58. The number of aliphatic hydroxyl groups excluding tert-OH is 1. The summed E-state index contributed by atoms with van der Waals surface area (Å²) in [5.41, 5.74) is 1.91. The van der Waals surface area contributed by atoms with E-state index < -0.39 is 6.10 Å². The minimum Gasteiger partial charge on any atom is -0.508 e. The van der Waals surface area contributed by atoms with Gasteiger partial charge in [0, 0.05) is 6.54 Å². The number of aliphatic hydroxyl groups is 1. The normalized spacial score (nSPS) is 11.5. The van der Waals surface area contributed by atoms with Gasteiger partial charge in [-0.3, -0.25) is 0 Å². The first kappa shape index (κ1) is 20.1. The number of hydrogen-bond donors (Lipinski definition) is 3. The molecule has 2 aromatic carbocycles. The van der Waals surface area contributed by atoms with Gasteiger partial charge < -0.3 is 25.0 Å². The van der Waals surface area contributed by atoms with Crippen LogP contribution in [0.15, 0.2) is 42.5 Å². The smallest absolute Gasteiger partial charge is 0.160 e. The van der Waals surface area contributed by atoms with Gasteiger partial charge in [0.05, 0.1) is 20.3 Å². The van der Waals surface area contributed by atoms with E-state index in [1.165, 1.54) is 0 Å². The van der Waals surface area contributed by atoms with Crippen LogP contribution in [0, 0.1) is 0 Å². The van der Waals surface area contributed by atoms with E-state index in [-0.39, 0.29) is 18.2 Å². The number of rotatable bonds is 8. The van der Waals surface area contributed by atoms with Crippen LogP contribution in [0.5, 0.6) is 17.2 Å². The van der Waals surface area contributed by atoms with E-state index in [1.807, 2.05) is 18.2 Å². The molecule has 0 aromatic heterocycles. The van der Waals surface area contributed by atoms with Crippen molar-refractivity contribution in [2.45, 2.75) is 12.5 Å². The molecule has 0 aliphatic carbocycles. The van der Waals surface area contributed by atoms with Crippen molar-refractivity contribution in [1.82, 2.24) is 5.32 Å². The monoisotopic (exact) mass is 353 g/mol. The van der Waals surface area contributed by atoms with E-state index in [1.54, 1.807) is 38.5 Å². The van der Waals surface area contributed by atoms with Crippen molar-refractivity contribution < 1.29 is 19.7 Å². The molecule has 0 fully saturated rings. The topological polar surface area (TPSA) is 71.0 Å². The molecular weight excluding hydrogens is 330 g/mol. The van der Waals surface area contributed by atoms with Crippen LogP contribution in [0.1, 0.15) is 17.2 Å². The zero-order valence-corrected chi connectivity index (χ0v) is 14.7. The summed E-state index contributed by atoms with van der Waals surface area (Å²) < 4.78 is 10.5. The van der Waals surface area contributed by atoms with Crippen LogP contribution in [-0.4, -0.2) is 37.5 Å². The van der Waals surface area contributed by atoms with Crippen LogP contribution in [0.4, 0.5) is 0 Å². The van der Waals surface area contributed by atoms with Gasteiger partial charge in [0.2, 0.25) is 0 Å². The maximum atomic E-state index is 10.1. The summed E-state index contributed by atoms with van der Waals surface area (Å²) in [7, 11) is 3.23. The number of phenols is 1. The van der Waals surface area contributed by atoms with Gasteiger partial charge in [-0.25, -0.2) is 0 Å². The maximum Gasteiger partial charge on any atom is 0.160 e. The molecule has 0 amide bonds. The minimum atomic E-state index is -0.596. The van der Waals surface area contributed by atoms with Crippen LogP contribution in [0.25, 0.3) is 0 Å². The molecule has 3 N–H and O–H groups in total. The number of nitrogens with one attached hydrogen (secondary N) is 1. The Kier molecular flexibility index (Phi) is 8.40. The fourth-order valence-electron chi connectivity index (χ4n) is 2.32. The van der Waals surface area contributed by atoms with Crippen LogP contribution in [-0.2, 0) is 6.42 Å². The highest BCUT2D eigenvalue weighted by Crippen LogP contribution is 2.27. The van der Waals surface area contributed by atoms with Crippen molar-refractivity contribution >= 4 is 12.4 Å². The van der Waals surface area contributed by atoms with Gasteiger partial charge in [-0.05, 0) is 48.4 Å². The lowest BCUT2D eigenvalue weighted by atomic mass is 10.1. The molecular formula is C18H24ClNO4. The van der Waals surface area contributed by atoms with Crippen LogP contribution < -0.4 is 14.8 Å². The standard InChI is InChI=1S/C18H23NO4.ClH/c1-22-17-8-3-13(11-18(17)23-2)9-10-19-12-16(21)14-4-6-15(20)7-5-14;/h3-8,11,16,19-21H,9-10,12H2,1-2H3;1H/t16-;/m0./s1. The number of methoxy groups -OCH3 is 2. The highest BCUT2D eigenvalue weighted by atomic mass is 35.5. The molecule has 5 nitrogen and oxygen atoms in total. The second kappa shape index (κ2) is 10.0. The third-order valence-electron chi connectivity index (χ3n) is 3.65. The maximum absolute atomic E-state index is 10.1. The molecule has 0 saturated heterocycles. The number of aromatic hydroxyl groups is 1. The Labute approximate surface area is 148 Å². The second-order valence-corrected chi connectivity index (χ2v) is 5.25. The molecule has 132 valence electrons. The molecule has 0 unspecified atom stereocenters. The van der Waals surface area contributed by atoms with Crippen molar-refractivity contribution in [3.8, 4) is 17.2 Å². The van der Waals surface area contributed by atoms with E-state index >= 15 is 0 Å². The molecule has 0 saturated carbocycles. The largest absolute Gasteiger partial charge is 0.508 e. The van der Waals surface area contributed by atoms with Crippen molar-refractivity contribution in [2.75, 3.05) is 27.3 Å². The van der Waals surface area contributed by atoms with E-state index in [0.29, 0.717) is 18.0 Å². The average molecular weight is 354 g/mol. The summed E-state index contributed by atoms with van der Waals surface area (Å²) >= 11 is 0. The third kappa shape index (κ3) is 5.60. The van der Waals surface area contributed by atoms with Crippen LogP contribution in [0.3, 0.4) is 0 Å². The molecule has 0 heterocycles. The molecule has 0 bridgehead atoms. The predicted octanol–water partition coefficient (Wildman–Crippen LogP) is 2.70. The van der Waals surface area contributed by atoms with Crippen molar-refractivity contribution in [3.63, 3.8) is 0 Å². The summed E-state index contributed by atoms with van der Waals surface area (Å²) in [4.78, 5) is 0. The van der Waals surface area contributed by atoms with Crippen molar-refractivity contribution in [3.05, 3.63) is 53.6 Å². The highest BCUT2D eigenvalue weighted by Gasteiger charge is 2.07. The summed E-state index contributed by atoms with van der Waals surface area (Å²) in [6.07, 6.45) is 0.226. The number of benzene rings is 2. The Hall–Kier alpha value is -1.95. The van der Waals surface area contributed by atoms with Gasteiger partial charge in [-0.1, -0.05) is 18.2 Å². The third-order valence-corrected chi connectivity index (χ3v) is 3.65. The molecule has 0 radical (unpaired) electrons. The van der Waals surface area contributed by atoms with Crippen LogP contribution >= 0.6 is 12.4 Å². The summed E-state index contributed by atoms with van der Waals surface area (Å²) in [6.45, 7) is 1.20. The van der Waals surface area contributed by atoms with Gasteiger partial charge >= 0.3 is 0 Å². The van der Waals surface area contributed by atoms with Crippen molar-refractivity contribution in [2.24, 2.45) is 0 Å². The van der Waals surface area contributed by atoms with Gasteiger partial charge in [-0.15, -0.1) is 12.4 Å². The minimum absolute atomic E-state index is 0. The van der Waals surface area contributed by atoms with E-state index in [2.05, 4.69) is 5.32 Å². The fraction of sp³-hybridized carbons (Fsp3) is 0.333. The van der Waals surface area contributed by atoms with E-state index in [0.717, 1.165) is 24.1 Å². The van der Waals surface area contributed by atoms with Gasteiger partial charge in [0.1, 0.15) is 5.75 Å².